The summed E-state index contributed by atoms with van der Waals surface area (Å²) in [6, 6.07) is 7.97. The van der Waals surface area contributed by atoms with Crippen molar-refractivity contribution in [3.05, 3.63) is 71.8 Å². The molecule has 8 nitrogen and oxygen atoms in total. The van der Waals surface area contributed by atoms with Crippen molar-refractivity contribution in [2.24, 2.45) is 16.9 Å². The summed E-state index contributed by atoms with van der Waals surface area (Å²) in [6.07, 6.45) is -0.225. The standard InChI is InChI=1S/C25H18F3N3O5/c1-13(32)36-15-10-8-14(9-11-15)22(33)21-20-19(18-7-4-12-29-31(18)21)23(34)30(24(20)35)17-6-3-2-5-16(17)25(26,27)28/h2-12,18-21H,1H3/t18-,19-,20-,21-/m1/s1. The van der Waals surface area contributed by atoms with Gasteiger partial charge in [-0.05, 0) is 42.5 Å². The molecule has 5 rings (SSSR count). The molecule has 0 unspecified atom stereocenters. The van der Waals surface area contributed by atoms with E-state index in [-0.39, 0.29) is 11.3 Å². The van der Waals surface area contributed by atoms with Crippen molar-refractivity contribution < 1.29 is 37.1 Å². The summed E-state index contributed by atoms with van der Waals surface area (Å²) in [7, 11) is 0. The lowest BCUT2D eigenvalue weighted by Gasteiger charge is -2.30. The number of alkyl halides is 3. The maximum absolute atomic E-state index is 13.7. The number of para-hydroxylation sites is 1. The summed E-state index contributed by atoms with van der Waals surface area (Å²) >= 11 is 0. The Balaban J connectivity index is 1.55. The Morgan fingerprint density at radius 1 is 0.972 bits per heavy atom. The Morgan fingerprint density at radius 3 is 2.31 bits per heavy atom. The van der Waals surface area contributed by atoms with E-state index in [1.165, 1.54) is 54.5 Å². The third-order valence-corrected chi connectivity index (χ3v) is 6.41. The van der Waals surface area contributed by atoms with Crippen LogP contribution in [0.3, 0.4) is 0 Å². The molecule has 3 aliphatic heterocycles. The van der Waals surface area contributed by atoms with Gasteiger partial charge in [0.05, 0.1) is 29.1 Å². The molecular formula is C25H18F3N3O5. The number of hydrazone groups is 1. The number of esters is 1. The van der Waals surface area contributed by atoms with Gasteiger partial charge >= 0.3 is 12.1 Å². The Bertz CT molecular complexity index is 1340. The molecule has 3 aliphatic rings. The number of carbonyl (C=O) groups excluding carboxylic acids is 4. The van der Waals surface area contributed by atoms with Crippen LogP contribution in [0.4, 0.5) is 18.9 Å². The molecule has 0 saturated carbocycles. The third kappa shape index (κ3) is 3.67. The molecule has 0 N–H and O–H groups in total. The fourth-order valence-electron chi connectivity index (χ4n) is 5.01. The van der Waals surface area contributed by atoms with Crippen molar-refractivity contribution in [1.29, 1.82) is 0 Å². The number of ketones is 1. The van der Waals surface area contributed by atoms with E-state index in [4.69, 9.17) is 4.74 Å². The van der Waals surface area contributed by atoms with Gasteiger partial charge in [-0.15, -0.1) is 0 Å². The summed E-state index contributed by atoms with van der Waals surface area (Å²) in [5, 5.41) is 5.57. The maximum Gasteiger partial charge on any atom is 0.418 e. The van der Waals surface area contributed by atoms with E-state index < -0.39 is 64.9 Å². The summed E-state index contributed by atoms with van der Waals surface area (Å²) in [5.41, 5.74) is -1.53. The molecule has 3 heterocycles. The molecule has 2 fully saturated rings. The normalized spacial score (nSPS) is 24.7. The number of hydrogen-bond acceptors (Lipinski definition) is 7. The molecule has 2 aromatic rings. The first-order valence-electron chi connectivity index (χ1n) is 11.0. The van der Waals surface area contributed by atoms with Gasteiger partial charge in [0, 0.05) is 18.7 Å². The minimum absolute atomic E-state index is 0.162. The number of carbonyl (C=O) groups is 4. The summed E-state index contributed by atoms with van der Waals surface area (Å²) in [5.74, 6) is -4.93. The van der Waals surface area contributed by atoms with Crippen LogP contribution >= 0.6 is 0 Å². The van der Waals surface area contributed by atoms with E-state index in [2.05, 4.69) is 5.10 Å². The highest BCUT2D eigenvalue weighted by Gasteiger charge is 2.64. The number of Topliss-reactive ketones (excluding diaryl/α,β-unsaturated/α-hetero) is 1. The topological polar surface area (TPSA) is 96.3 Å². The zero-order valence-electron chi connectivity index (χ0n) is 18.7. The lowest BCUT2D eigenvalue weighted by atomic mass is 9.86. The fraction of sp³-hybridized carbons (Fsp3) is 0.240. The van der Waals surface area contributed by atoms with Gasteiger partial charge in [0.25, 0.3) is 0 Å². The van der Waals surface area contributed by atoms with Gasteiger partial charge in [0.15, 0.2) is 5.78 Å². The second-order valence-electron chi connectivity index (χ2n) is 8.53. The predicted octanol–water partition coefficient (Wildman–Crippen LogP) is 3.23. The summed E-state index contributed by atoms with van der Waals surface area (Å²) < 4.78 is 46.0. The van der Waals surface area contributed by atoms with Gasteiger partial charge in [-0.25, -0.2) is 4.90 Å². The number of imide groups is 1. The molecule has 11 heteroatoms. The van der Waals surface area contributed by atoms with Crippen molar-refractivity contribution in [2.75, 3.05) is 4.90 Å². The first-order chi connectivity index (χ1) is 17.1. The molecule has 2 saturated heterocycles. The van der Waals surface area contributed by atoms with E-state index in [9.17, 15) is 32.3 Å². The van der Waals surface area contributed by atoms with Crippen LogP contribution in [-0.2, 0) is 20.6 Å². The molecule has 184 valence electrons. The lowest BCUT2D eigenvalue weighted by molar-refractivity contribution is -0.137. The number of fused-ring (bicyclic) bond motifs is 3. The fourth-order valence-corrected chi connectivity index (χ4v) is 5.01. The van der Waals surface area contributed by atoms with E-state index in [0.29, 0.717) is 4.90 Å². The predicted molar refractivity (Wildman–Crippen MR) is 120 cm³/mol. The average molecular weight is 497 g/mol. The van der Waals surface area contributed by atoms with E-state index in [0.717, 1.165) is 12.1 Å². The number of rotatable bonds is 4. The van der Waals surface area contributed by atoms with Crippen molar-refractivity contribution in [3.8, 4) is 5.75 Å². The second kappa shape index (κ2) is 8.43. The quantitative estimate of drug-likeness (QED) is 0.279. The zero-order valence-corrected chi connectivity index (χ0v) is 18.7. The second-order valence-corrected chi connectivity index (χ2v) is 8.53. The number of halogens is 3. The van der Waals surface area contributed by atoms with Gasteiger partial charge in [-0.2, -0.15) is 18.3 Å². The number of hydrogen-bond donors (Lipinski definition) is 0. The molecule has 2 amide bonds. The number of anilines is 1. The molecule has 36 heavy (non-hydrogen) atoms. The summed E-state index contributed by atoms with van der Waals surface area (Å²) in [6.45, 7) is 1.23. The Morgan fingerprint density at radius 2 is 1.64 bits per heavy atom. The molecule has 0 aliphatic carbocycles. The van der Waals surface area contributed by atoms with Gasteiger partial charge in [-0.3, -0.25) is 24.2 Å². The van der Waals surface area contributed by atoms with E-state index in [1.54, 1.807) is 12.2 Å². The molecule has 2 aromatic carbocycles. The number of allylic oxidation sites excluding steroid dienone is 1. The number of benzene rings is 2. The van der Waals surface area contributed by atoms with Crippen LogP contribution in [0.15, 0.2) is 65.8 Å². The van der Waals surface area contributed by atoms with Gasteiger partial charge in [-0.1, -0.05) is 18.2 Å². The SMILES string of the molecule is CC(=O)Oc1ccc(C(=O)[C@H]2[C@@H]3C(=O)N(c4ccccc4C(F)(F)F)C(=O)[C@@H]3[C@H]3C=CC=NN32)cc1. The van der Waals surface area contributed by atoms with Crippen LogP contribution in [0.2, 0.25) is 0 Å². The Labute approximate surface area is 202 Å². The minimum Gasteiger partial charge on any atom is -0.427 e. The zero-order chi connectivity index (χ0) is 25.8. The minimum atomic E-state index is -4.80. The Kier molecular flexibility index (Phi) is 5.50. The summed E-state index contributed by atoms with van der Waals surface area (Å²) in [4.78, 5) is 52.3. The molecule has 0 spiro atoms. The number of amides is 2. The van der Waals surface area contributed by atoms with Crippen molar-refractivity contribution in [3.63, 3.8) is 0 Å². The highest BCUT2D eigenvalue weighted by Crippen LogP contribution is 2.48. The highest BCUT2D eigenvalue weighted by molar-refractivity contribution is 6.25. The molecule has 0 aromatic heterocycles. The monoisotopic (exact) mass is 497 g/mol. The first-order valence-corrected chi connectivity index (χ1v) is 11.0. The van der Waals surface area contributed by atoms with Gasteiger partial charge < -0.3 is 4.74 Å². The van der Waals surface area contributed by atoms with Crippen molar-refractivity contribution in [1.82, 2.24) is 5.01 Å². The van der Waals surface area contributed by atoms with E-state index >= 15 is 0 Å². The molecule has 4 atom stereocenters. The molecule has 0 radical (unpaired) electrons. The van der Waals surface area contributed by atoms with Crippen LogP contribution in [0.25, 0.3) is 0 Å². The van der Waals surface area contributed by atoms with Crippen LogP contribution in [0.5, 0.6) is 5.75 Å². The Hall–Kier alpha value is -4.28. The first kappa shape index (κ1) is 23.5. The van der Waals surface area contributed by atoms with Gasteiger partial charge in [0.2, 0.25) is 11.8 Å². The average Bonchev–Trinajstić information content (AvgIpc) is 3.31. The van der Waals surface area contributed by atoms with E-state index in [1.807, 2.05) is 0 Å². The largest absolute Gasteiger partial charge is 0.427 e. The van der Waals surface area contributed by atoms with Crippen LogP contribution in [-0.4, -0.2) is 46.9 Å². The van der Waals surface area contributed by atoms with Crippen LogP contribution in [0.1, 0.15) is 22.8 Å². The highest BCUT2D eigenvalue weighted by atomic mass is 19.4. The molecular weight excluding hydrogens is 479 g/mol. The lowest BCUT2D eigenvalue weighted by Crippen LogP contribution is -2.46. The number of nitrogens with zero attached hydrogens (tertiary/aromatic N) is 3. The molecule has 0 bridgehead atoms. The van der Waals surface area contributed by atoms with Crippen molar-refractivity contribution in [2.45, 2.75) is 25.2 Å². The maximum atomic E-state index is 13.7. The van der Waals surface area contributed by atoms with Gasteiger partial charge in [0.1, 0.15) is 11.8 Å². The third-order valence-electron chi connectivity index (χ3n) is 6.41. The smallest absolute Gasteiger partial charge is 0.418 e. The van der Waals surface area contributed by atoms with Crippen LogP contribution < -0.4 is 9.64 Å². The van der Waals surface area contributed by atoms with Crippen molar-refractivity contribution >= 4 is 35.5 Å². The number of ether oxygens (including phenoxy) is 1. The van der Waals surface area contributed by atoms with Crippen LogP contribution in [0, 0.1) is 11.8 Å².